The van der Waals surface area contributed by atoms with Crippen molar-refractivity contribution in [2.24, 2.45) is 28.1 Å². The molecule has 17 N–H and O–H groups in total. The van der Waals surface area contributed by atoms with Crippen molar-refractivity contribution in [3.05, 3.63) is 137 Å². The molecule has 27 nitrogen and oxygen atoms in total. The van der Waals surface area contributed by atoms with Crippen LogP contribution in [0.15, 0.2) is 114 Å². The van der Waals surface area contributed by atoms with Gasteiger partial charge in [-0.15, -0.1) is 0 Å². The van der Waals surface area contributed by atoms with Crippen LogP contribution in [-0.4, -0.2) is 168 Å². The second-order valence-corrected chi connectivity index (χ2v) is 23.6. The van der Waals surface area contributed by atoms with E-state index in [1.54, 1.807) is 81.4 Å². The highest BCUT2D eigenvalue weighted by molar-refractivity contribution is 6.00. The first-order valence-corrected chi connectivity index (χ1v) is 31.6. The summed E-state index contributed by atoms with van der Waals surface area (Å²) in [5.74, 6) is -11.0. The molecule has 2 aliphatic heterocycles. The number of aromatic hydroxyl groups is 1. The Kier molecular flexibility index (Phi) is 28.7. The largest absolute Gasteiger partial charge is 0.508 e. The number of rotatable bonds is 20. The van der Waals surface area contributed by atoms with Crippen LogP contribution in [0.1, 0.15) is 94.4 Å². The van der Waals surface area contributed by atoms with Gasteiger partial charge in [0.05, 0.1) is 13.0 Å². The van der Waals surface area contributed by atoms with Crippen LogP contribution in [-0.2, 0) is 78.4 Å². The Hall–Kier alpha value is -9.99. The molecule has 2 aliphatic rings. The van der Waals surface area contributed by atoms with Gasteiger partial charge in [-0.3, -0.25) is 57.7 Å². The average Bonchev–Trinajstić information content (AvgIpc) is 1.70. The molecule has 0 aliphatic carbocycles. The smallest absolute Gasteiger partial charge is 0.246 e. The summed E-state index contributed by atoms with van der Waals surface area (Å²) < 4.78 is 14.4. The lowest BCUT2D eigenvalue weighted by atomic mass is 9.99. The number of carbonyl (C=O) groups is 11. The second-order valence-electron chi connectivity index (χ2n) is 23.6. The van der Waals surface area contributed by atoms with Gasteiger partial charge in [-0.25, -0.2) is 4.39 Å². The lowest BCUT2D eigenvalue weighted by Crippen LogP contribution is -2.61. The van der Waals surface area contributed by atoms with E-state index in [0.717, 1.165) is 0 Å². The van der Waals surface area contributed by atoms with Gasteiger partial charge in [0.2, 0.25) is 65.0 Å². The summed E-state index contributed by atoms with van der Waals surface area (Å²) in [6, 6.07) is 15.2. The average molecular weight is 1300 g/mol. The molecule has 0 bridgehead atoms. The highest BCUT2D eigenvalue weighted by atomic mass is 19.1. The molecule has 0 aromatic heterocycles. The maximum atomic E-state index is 15.2. The minimum Gasteiger partial charge on any atom is -0.508 e. The Balaban J connectivity index is 1.45. The third-order valence-corrected chi connectivity index (χ3v) is 15.8. The van der Waals surface area contributed by atoms with E-state index in [0.29, 0.717) is 35.1 Å². The number of hydrogen-bond donors (Lipinski definition) is 14. The van der Waals surface area contributed by atoms with E-state index < -0.39 is 144 Å². The van der Waals surface area contributed by atoms with E-state index in [1.807, 2.05) is 0 Å². The standard InChI is InChI=1S/C66H88FN15O12/c1-4-30-71-54(84)37-51-57(86)73-38-55(85)74-48(34-43-23-27-45(83)28-24-43)62(91)81-56(39(2)3)64(93)76-46(18-11-29-68)58(87)77-49(35-42-21-25-44(67)26-22-42)61(90)80-52(36-41-16-9-6-10-17-41)65(94)82-32-13-20-53(82)63(92)79-50(33-40-14-7-5-8-15-40)60(89)75-47(59(88)78-51)19-12-31-72-66(69)70/h5-10,14-17,21-28,39,46-53,56,83H,4,11-13,18-20,29-38,68H2,1-3H3,(H,71,84)(H,73,86)(H,74,85)(H,75,89)(H,76,93)(H,77,87)(H,78,88)(H,79,92)(H,80,90)(H,81,91)(H4,69,70,72)/t46-,47+,48-,49-,50-,51+,52+,53-,56-/m0/s1. The molecule has 2 fully saturated rings. The Morgan fingerprint density at radius 3 is 1.61 bits per heavy atom. The molecule has 0 unspecified atom stereocenters. The summed E-state index contributed by atoms with van der Waals surface area (Å²) in [4.78, 5) is 165. The number of fused-ring (bicyclic) bond motifs is 1. The quantitative estimate of drug-likeness (QED) is 0.0292. The highest BCUT2D eigenvalue weighted by Crippen LogP contribution is 2.22. The number of nitrogens with one attached hydrogen (secondary N) is 10. The normalized spacial score (nSPS) is 22.7. The fraction of sp³-hybridized carbons (Fsp3) is 0.455. The number of nitrogens with zero attached hydrogens (tertiary/aromatic N) is 2. The molecule has 506 valence electrons. The van der Waals surface area contributed by atoms with Crippen molar-refractivity contribution in [1.29, 1.82) is 0 Å². The molecule has 4 aromatic carbocycles. The predicted octanol–water partition coefficient (Wildman–Crippen LogP) is -0.834. The van der Waals surface area contributed by atoms with Crippen LogP contribution in [0.25, 0.3) is 0 Å². The highest BCUT2D eigenvalue weighted by Gasteiger charge is 2.41. The van der Waals surface area contributed by atoms with Gasteiger partial charge in [0.1, 0.15) is 65.9 Å². The van der Waals surface area contributed by atoms with Gasteiger partial charge in [0.15, 0.2) is 5.96 Å². The van der Waals surface area contributed by atoms with Crippen LogP contribution < -0.4 is 70.4 Å². The first-order chi connectivity index (χ1) is 45.0. The number of phenolic OH excluding ortho intramolecular Hbond substituents is 1. The molecule has 28 heteroatoms. The van der Waals surface area contributed by atoms with E-state index in [4.69, 9.17) is 17.2 Å². The van der Waals surface area contributed by atoms with E-state index in [1.165, 1.54) is 53.4 Å². The number of benzene rings is 4. The van der Waals surface area contributed by atoms with Crippen LogP contribution in [0.4, 0.5) is 4.39 Å². The molecule has 4 aromatic rings. The number of hydrogen-bond acceptors (Lipinski definition) is 14. The maximum absolute atomic E-state index is 15.2. The van der Waals surface area contributed by atoms with Crippen molar-refractivity contribution in [1.82, 2.24) is 58.1 Å². The molecular weight excluding hydrogens is 1210 g/mol. The third kappa shape index (κ3) is 23.3. The van der Waals surface area contributed by atoms with Crippen LogP contribution in [0, 0.1) is 11.7 Å². The number of carbonyl (C=O) groups excluding carboxylic acids is 11. The van der Waals surface area contributed by atoms with Crippen molar-refractivity contribution < 1.29 is 62.2 Å². The molecule has 11 amide bonds. The zero-order valence-corrected chi connectivity index (χ0v) is 53.1. The lowest BCUT2D eigenvalue weighted by Gasteiger charge is -2.31. The fourth-order valence-electron chi connectivity index (χ4n) is 10.8. The SMILES string of the molecule is CCCNC(=O)C[C@H]1NC(=O)[C@@H](CCCN=C(N)N)NC(=O)[C@H](Cc2ccccc2)NC(=O)[C@@H]2CCCN2C(=O)[C@@H](Cc2ccccc2)NC(=O)[C@H](Cc2ccc(F)cc2)NC(=O)[C@H](CCCN)NC(=O)[C@H](C(C)C)NC(=O)[C@H](Cc2ccc(O)cc2)NC(=O)CNC1=O. The summed E-state index contributed by atoms with van der Waals surface area (Å²) in [5.41, 5.74) is 19.2. The zero-order valence-electron chi connectivity index (χ0n) is 53.1. The molecule has 94 heavy (non-hydrogen) atoms. The number of amides is 11. The van der Waals surface area contributed by atoms with E-state index in [-0.39, 0.29) is 95.7 Å². The molecule has 2 heterocycles. The zero-order chi connectivity index (χ0) is 68.3. The van der Waals surface area contributed by atoms with E-state index >= 15 is 9.59 Å². The van der Waals surface area contributed by atoms with Gasteiger partial charge in [-0.2, -0.15) is 0 Å². The molecule has 0 radical (unpaired) electrons. The van der Waals surface area contributed by atoms with E-state index in [9.17, 15) is 52.6 Å². The monoisotopic (exact) mass is 1300 g/mol. The minimum atomic E-state index is -1.69. The van der Waals surface area contributed by atoms with Gasteiger partial charge in [-0.05, 0) is 104 Å². The van der Waals surface area contributed by atoms with Gasteiger partial charge >= 0.3 is 0 Å². The van der Waals surface area contributed by atoms with E-state index in [2.05, 4.69) is 58.2 Å². The number of phenols is 1. The Bertz CT molecular complexity index is 3270. The Labute approximate surface area is 545 Å². The fourth-order valence-corrected chi connectivity index (χ4v) is 10.8. The van der Waals surface area contributed by atoms with Gasteiger partial charge in [0.25, 0.3) is 0 Å². The molecule has 6 rings (SSSR count). The number of halogens is 1. The van der Waals surface area contributed by atoms with Gasteiger partial charge in [-0.1, -0.05) is 106 Å². The van der Waals surface area contributed by atoms with Crippen LogP contribution >= 0.6 is 0 Å². The topological polar surface area (TPSA) is 422 Å². The number of guanidine groups is 1. The van der Waals surface area contributed by atoms with Gasteiger partial charge in [0, 0.05) is 45.3 Å². The summed E-state index contributed by atoms with van der Waals surface area (Å²) >= 11 is 0. The minimum absolute atomic E-state index is 0.0157. The molecule has 9 atom stereocenters. The summed E-state index contributed by atoms with van der Waals surface area (Å²) in [6.07, 6.45) is -0.386. The summed E-state index contributed by atoms with van der Waals surface area (Å²) in [6.45, 7) is 4.49. The second kappa shape index (κ2) is 36.9. The van der Waals surface area contributed by atoms with Crippen LogP contribution in [0.5, 0.6) is 5.75 Å². The first kappa shape index (κ1) is 73.1. The number of aliphatic imine (C=N–C) groups is 1. The van der Waals surface area contributed by atoms with Gasteiger partial charge < -0.3 is 80.4 Å². The van der Waals surface area contributed by atoms with Crippen LogP contribution in [0.2, 0.25) is 0 Å². The van der Waals surface area contributed by atoms with Crippen molar-refractivity contribution in [3.8, 4) is 5.75 Å². The molecule has 0 saturated carbocycles. The third-order valence-electron chi connectivity index (χ3n) is 15.8. The molecular formula is C66H88FN15O12. The molecule has 2 saturated heterocycles. The lowest BCUT2D eigenvalue weighted by molar-refractivity contribution is -0.142. The van der Waals surface area contributed by atoms with Crippen molar-refractivity contribution in [3.63, 3.8) is 0 Å². The molecule has 0 spiro atoms. The Morgan fingerprint density at radius 1 is 0.585 bits per heavy atom. The number of nitrogens with two attached hydrogens (primary N) is 3. The van der Waals surface area contributed by atoms with Crippen molar-refractivity contribution in [2.45, 2.75) is 152 Å². The van der Waals surface area contributed by atoms with Crippen LogP contribution in [0.3, 0.4) is 0 Å². The first-order valence-electron chi connectivity index (χ1n) is 31.6. The predicted molar refractivity (Wildman–Crippen MR) is 346 cm³/mol. The maximum Gasteiger partial charge on any atom is 0.246 e. The van der Waals surface area contributed by atoms with Crippen molar-refractivity contribution >= 4 is 70.9 Å². The van der Waals surface area contributed by atoms with Crippen molar-refractivity contribution in [2.75, 3.05) is 32.7 Å². The summed E-state index contributed by atoms with van der Waals surface area (Å²) in [7, 11) is 0. The summed E-state index contributed by atoms with van der Waals surface area (Å²) in [5, 5.41) is 36.8. The Morgan fingerprint density at radius 2 is 1.05 bits per heavy atom.